The highest BCUT2D eigenvalue weighted by Gasteiger charge is 2.27. The zero-order chi connectivity index (χ0) is 15.2. The maximum Gasteiger partial charge on any atom is 0.0995 e. The Bertz CT molecular complexity index is 648. The first-order valence-electron chi connectivity index (χ1n) is 7.74. The van der Waals surface area contributed by atoms with Gasteiger partial charge in [0.15, 0.2) is 0 Å². The second-order valence-electron chi connectivity index (χ2n) is 5.63. The molecule has 1 aliphatic heterocycles. The van der Waals surface area contributed by atoms with Gasteiger partial charge in [-0.1, -0.05) is 48.5 Å². The highest BCUT2D eigenvalue weighted by molar-refractivity contribution is 5.36. The van der Waals surface area contributed by atoms with Crippen molar-refractivity contribution in [1.82, 2.24) is 5.32 Å². The number of hydrogen-bond acceptors (Lipinski definition) is 3. The van der Waals surface area contributed by atoms with Gasteiger partial charge in [0.25, 0.3) is 0 Å². The Hall–Kier alpha value is -2.15. The molecule has 0 bridgehead atoms. The smallest absolute Gasteiger partial charge is 0.0995 e. The molecule has 2 aromatic rings. The van der Waals surface area contributed by atoms with E-state index in [9.17, 15) is 0 Å². The van der Waals surface area contributed by atoms with Gasteiger partial charge in [-0.2, -0.15) is 5.26 Å². The van der Waals surface area contributed by atoms with Crippen molar-refractivity contribution in [2.24, 2.45) is 0 Å². The molecule has 0 aromatic heterocycles. The summed E-state index contributed by atoms with van der Waals surface area (Å²) in [4.78, 5) is 0. The first kappa shape index (κ1) is 14.8. The summed E-state index contributed by atoms with van der Waals surface area (Å²) in [5.74, 6) is 0.414. The van der Waals surface area contributed by atoms with Crippen molar-refractivity contribution < 1.29 is 4.74 Å². The van der Waals surface area contributed by atoms with Gasteiger partial charge in [-0.15, -0.1) is 0 Å². The maximum atomic E-state index is 9.17. The molecular weight excluding hydrogens is 272 g/mol. The molecule has 0 aliphatic carbocycles. The van der Waals surface area contributed by atoms with Crippen molar-refractivity contribution in [3.63, 3.8) is 0 Å². The number of piperidine rings is 1. The van der Waals surface area contributed by atoms with E-state index in [1.807, 2.05) is 30.3 Å². The van der Waals surface area contributed by atoms with Gasteiger partial charge in [0.05, 0.1) is 24.3 Å². The van der Waals surface area contributed by atoms with Crippen LogP contribution in [0.4, 0.5) is 0 Å². The van der Waals surface area contributed by atoms with E-state index >= 15 is 0 Å². The molecule has 22 heavy (non-hydrogen) atoms. The summed E-state index contributed by atoms with van der Waals surface area (Å²) in [7, 11) is 0. The maximum absolute atomic E-state index is 9.17. The van der Waals surface area contributed by atoms with Crippen molar-refractivity contribution >= 4 is 0 Å². The van der Waals surface area contributed by atoms with E-state index in [-0.39, 0.29) is 6.10 Å². The van der Waals surface area contributed by atoms with E-state index in [4.69, 9.17) is 10.00 Å². The molecule has 1 heterocycles. The third-order valence-corrected chi connectivity index (χ3v) is 4.24. The average molecular weight is 292 g/mol. The Morgan fingerprint density at radius 1 is 1.09 bits per heavy atom. The summed E-state index contributed by atoms with van der Waals surface area (Å²) in [6.07, 6.45) is 1.22. The predicted molar refractivity (Wildman–Crippen MR) is 86.4 cm³/mol. The number of hydrogen-bond donors (Lipinski definition) is 1. The molecule has 3 nitrogen and oxygen atoms in total. The topological polar surface area (TPSA) is 45.0 Å². The molecule has 112 valence electrons. The van der Waals surface area contributed by atoms with Crippen LogP contribution >= 0.6 is 0 Å². The predicted octanol–water partition coefficient (Wildman–Crippen LogP) is 3.22. The molecule has 3 rings (SSSR count). The Balaban J connectivity index is 1.71. The van der Waals surface area contributed by atoms with Crippen LogP contribution in [0.25, 0.3) is 0 Å². The van der Waals surface area contributed by atoms with Gasteiger partial charge in [0.2, 0.25) is 0 Å². The van der Waals surface area contributed by atoms with E-state index < -0.39 is 0 Å². The average Bonchev–Trinajstić information content (AvgIpc) is 2.61. The van der Waals surface area contributed by atoms with Crippen LogP contribution in [0.5, 0.6) is 0 Å². The molecule has 1 aliphatic rings. The zero-order valence-electron chi connectivity index (χ0n) is 12.5. The van der Waals surface area contributed by atoms with E-state index in [1.165, 1.54) is 5.56 Å². The van der Waals surface area contributed by atoms with Crippen molar-refractivity contribution in [2.75, 3.05) is 13.1 Å². The first-order valence-corrected chi connectivity index (χ1v) is 7.74. The lowest BCUT2D eigenvalue weighted by atomic mass is 9.88. The summed E-state index contributed by atoms with van der Waals surface area (Å²) in [6.45, 7) is 2.36. The Labute approximate surface area is 131 Å². The number of nitriles is 1. The third kappa shape index (κ3) is 3.36. The van der Waals surface area contributed by atoms with Crippen LogP contribution in [-0.4, -0.2) is 19.2 Å². The van der Waals surface area contributed by atoms with Crippen LogP contribution in [0, 0.1) is 11.3 Å². The lowest BCUT2D eigenvalue weighted by Crippen LogP contribution is -2.41. The van der Waals surface area contributed by atoms with Crippen molar-refractivity contribution in [1.29, 1.82) is 5.26 Å². The SMILES string of the molecule is N#Cc1ccccc1COC1CNCCC1c1ccccc1. The number of nitrogens with zero attached hydrogens (tertiary/aromatic N) is 1. The van der Waals surface area contributed by atoms with Gasteiger partial charge in [-0.25, -0.2) is 0 Å². The van der Waals surface area contributed by atoms with Gasteiger partial charge in [-0.3, -0.25) is 0 Å². The monoisotopic (exact) mass is 292 g/mol. The van der Waals surface area contributed by atoms with Gasteiger partial charge in [-0.05, 0) is 30.2 Å². The van der Waals surface area contributed by atoms with Crippen LogP contribution in [0.15, 0.2) is 54.6 Å². The first-order chi connectivity index (χ1) is 10.9. The Morgan fingerprint density at radius 2 is 1.86 bits per heavy atom. The second kappa shape index (κ2) is 7.22. The fourth-order valence-electron chi connectivity index (χ4n) is 3.04. The Kier molecular flexibility index (Phi) is 4.85. The highest BCUT2D eigenvalue weighted by Crippen LogP contribution is 2.28. The molecule has 0 spiro atoms. The van der Waals surface area contributed by atoms with E-state index in [2.05, 4.69) is 35.7 Å². The van der Waals surface area contributed by atoms with E-state index in [1.54, 1.807) is 0 Å². The quantitative estimate of drug-likeness (QED) is 0.941. The third-order valence-electron chi connectivity index (χ3n) is 4.24. The molecule has 2 unspecified atom stereocenters. The normalized spacial score (nSPS) is 21.2. The molecule has 3 heteroatoms. The minimum Gasteiger partial charge on any atom is -0.372 e. The molecule has 1 fully saturated rings. The molecule has 1 saturated heterocycles. The molecular formula is C19H20N2O. The summed E-state index contributed by atoms with van der Waals surface area (Å²) >= 11 is 0. The van der Waals surface area contributed by atoms with Crippen molar-refractivity contribution in [3.05, 3.63) is 71.3 Å². The Morgan fingerprint density at radius 3 is 2.68 bits per heavy atom. The van der Waals surface area contributed by atoms with E-state index in [0.717, 1.165) is 25.1 Å². The van der Waals surface area contributed by atoms with Gasteiger partial charge < -0.3 is 10.1 Å². The van der Waals surface area contributed by atoms with Crippen LogP contribution in [0.3, 0.4) is 0 Å². The van der Waals surface area contributed by atoms with E-state index in [0.29, 0.717) is 18.1 Å². The zero-order valence-corrected chi connectivity index (χ0v) is 12.5. The number of ether oxygens (including phenoxy) is 1. The largest absolute Gasteiger partial charge is 0.372 e. The fourth-order valence-corrected chi connectivity index (χ4v) is 3.04. The number of benzene rings is 2. The molecule has 1 N–H and O–H groups in total. The lowest BCUT2D eigenvalue weighted by molar-refractivity contribution is 0.0105. The second-order valence-corrected chi connectivity index (χ2v) is 5.63. The summed E-state index contributed by atoms with van der Waals surface area (Å²) in [6, 6.07) is 20.4. The summed E-state index contributed by atoms with van der Waals surface area (Å²) in [5, 5.41) is 12.6. The van der Waals surface area contributed by atoms with Crippen LogP contribution in [-0.2, 0) is 11.3 Å². The summed E-state index contributed by atoms with van der Waals surface area (Å²) < 4.78 is 6.16. The minimum atomic E-state index is 0.142. The van der Waals surface area contributed by atoms with Crippen LogP contribution < -0.4 is 5.32 Å². The minimum absolute atomic E-state index is 0.142. The van der Waals surface area contributed by atoms with Gasteiger partial charge in [0.1, 0.15) is 0 Å². The van der Waals surface area contributed by atoms with Crippen molar-refractivity contribution in [2.45, 2.75) is 25.0 Å². The van der Waals surface area contributed by atoms with Gasteiger partial charge >= 0.3 is 0 Å². The standard InChI is InChI=1S/C19H20N2O/c20-12-16-8-4-5-9-17(16)14-22-19-13-21-11-10-18(19)15-6-2-1-3-7-15/h1-9,18-19,21H,10-11,13-14H2. The number of nitrogens with one attached hydrogen (secondary N) is 1. The molecule has 0 radical (unpaired) electrons. The van der Waals surface area contributed by atoms with Crippen molar-refractivity contribution in [3.8, 4) is 6.07 Å². The fraction of sp³-hybridized carbons (Fsp3) is 0.316. The van der Waals surface area contributed by atoms with Crippen LogP contribution in [0.1, 0.15) is 29.0 Å². The lowest BCUT2D eigenvalue weighted by Gasteiger charge is -2.32. The number of rotatable bonds is 4. The summed E-state index contributed by atoms with van der Waals surface area (Å²) in [5.41, 5.74) is 2.99. The highest BCUT2D eigenvalue weighted by atomic mass is 16.5. The molecule has 0 amide bonds. The molecule has 2 aromatic carbocycles. The molecule has 0 saturated carbocycles. The van der Waals surface area contributed by atoms with Crippen LogP contribution in [0.2, 0.25) is 0 Å². The van der Waals surface area contributed by atoms with Gasteiger partial charge in [0, 0.05) is 12.5 Å². The molecule has 2 atom stereocenters.